The fraction of sp³-hybridized carbons (Fsp3) is 1.00. The van der Waals surface area contributed by atoms with Gasteiger partial charge in [-0.3, -0.25) is 0 Å². The lowest BCUT2D eigenvalue weighted by molar-refractivity contribution is -0.628. The molecule has 0 rings (SSSR count). The van der Waals surface area contributed by atoms with Crippen molar-refractivity contribution in [3.8, 4) is 0 Å². The molecule has 0 amide bonds. The average molecular weight is 192 g/mol. The zero-order valence-electron chi connectivity index (χ0n) is 8.58. The van der Waals surface area contributed by atoms with Crippen LogP contribution in [-0.2, 0) is 19.9 Å². The molecular weight excluding hydrogens is 172 g/mol. The van der Waals surface area contributed by atoms with Gasteiger partial charge in [0.25, 0.3) is 0 Å². The van der Waals surface area contributed by atoms with Crippen LogP contribution in [0.25, 0.3) is 0 Å². The molecule has 0 aliphatic heterocycles. The molecule has 80 valence electrons. The third-order valence-corrected chi connectivity index (χ3v) is 1.73. The molecule has 13 heavy (non-hydrogen) atoms. The SMILES string of the molecule is CCCCCCCCOOOOC. The standard InChI is InChI=1S/C9H20O4/c1-3-4-5-6-7-8-9-11-13-12-10-2/h3-9H2,1-2H3. The molecule has 0 heterocycles. The summed E-state index contributed by atoms with van der Waals surface area (Å²) in [6.07, 6.45) is 7.35. The molecule has 0 N–H and O–H groups in total. The van der Waals surface area contributed by atoms with E-state index in [1.807, 2.05) is 0 Å². The minimum atomic E-state index is 0.551. The maximum atomic E-state index is 4.63. The number of unbranched alkanes of at least 4 members (excludes halogenated alkanes) is 5. The molecule has 0 atom stereocenters. The second-order valence-electron chi connectivity index (χ2n) is 2.89. The van der Waals surface area contributed by atoms with E-state index in [0.717, 1.165) is 6.42 Å². The molecule has 4 nitrogen and oxygen atoms in total. The van der Waals surface area contributed by atoms with Crippen LogP contribution in [0.15, 0.2) is 0 Å². The Hall–Kier alpha value is -0.160. The van der Waals surface area contributed by atoms with Crippen LogP contribution in [0.5, 0.6) is 0 Å². The van der Waals surface area contributed by atoms with Gasteiger partial charge in [-0.1, -0.05) is 39.0 Å². The van der Waals surface area contributed by atoms with E-state index in [0.29, 0.717) is 6.61 Å². The molecule has 0 fully saturated rings. The van der Waals surface area contributed by atoms with E-state index < -0.39 is 0 Å². The quantitative estimate of drug-likeness (QED) is 0.303. The van der Waals surface area contributed by atoms with E-state index >= 15 is 0 Å². The van der Waals surface area contributed by atoms with Crippen molar-refractivity contribution < 1.29 is 19.9 Å². The maximum Gasteiger partial charge on any atom is 0.0854 e. The Balaban J connectivity index is 2.76. The lowest BCUT2D eigenvalue weighted by atomic mass is 10.1. The summed E-state index contributed by atoms with van der Waals surface area (Å²) in [7, 11) is 1.36. The highest BCUT2D eigenvalue weighted by Gasteiger charge is 1.91. The highest BCUT2D eigenvalue weighted by Crippen LogP contribution is 2.04. The first-order valence-electron chi connectivity index (χ1n) is 4.90. The van der Waals surface area contributed by atoms with Crippen molar-refractivity contribution in [2.24, 2.45) is 0 Å². The molecule has 0 saturated carbocycles. The molecule has 0 aromatic rings. The second kappa shape index (κ2) is 11.8. The highest BCUT2D eigenvalue weighted by atomic mass is 17.7. The molecule has 0 spiro atoms. The van der Waals surface area contributed by atoms with Gasteiger partial charge in [-0.15, -0.1) is 0 Å². The zero-order chi connectivity index (χ0) is 9.78. The Morgan fingerprint density at radius 3 is 2.23 bits per heavy atom. The minimum absolute atomic E-state index is 0.551. The first kappa shape index (κ1) is 12.8. The Bertz CT molecular complexity index is 77.7. The van der Waals surface area contributed by atoms with E-state index in [1.54, 1.807) is 0 Å². The van der Waals surface area contributed by atoms with Gasteiger partial charge < -0.3 is 0 Å². The van der Waals surface area contributed by atoms with Gasteiger partial charge >= 0.3 is 0 Å². The molecule has 0 aromatic heterocycles. The summed E-state index contributed by atoms with van der Waals surface area (Å²) in [4.78, 5) is 8.79. The largest absolute Gasteiger partial charge is 0.207 e. The van der Waals surface area contributed by atoms with E-state index in [2.05, 4.69) is 26.8 Å². The molecule has 0 aliphatic carbocycles. The fourth-order valence-corrected chi connectivity index (χ4v) is 1.02. The lowest BCUT2D eigenvalue weighted by Gasteiger charge is -2.00. The predicted octanol–water partition coefficient (Wildman–Crippen LogP) is 2.79. The molecule has 0 radical (unpaired) electrons. The van der Waals surface area contributed by atoms with Gasteiger partial charge in [0.05, 0.1) is 13.7 Å². The van der Waals surface area contributed by atoms with Crippen LogP contribution in [0.2, 0.25) is 0 Å². The molecule has 0 aromatic carbocycles. The van der Waals surface area contributed by atoms with Gasteiger partial charge in [-0.2, -0.15) is 0 Å². The van der Waals surface area contributed by atoms with Crippen LogP contribution in [0.3, 0.4) is 0 Å². The van der Waals surface area contributed by atoms with E-state index in [4.69, 9.17) is 0 Å². The second-order valence-corrected chi connectivity index (χ2v) is 2.89. The highest BCUT2D eigenvalue weighted by molar-refractivity contribution is 4.41. The smallest absolute Gasteiger partial charge is 0.0854 e. The fourth-order valence-electron chi connectivity index (χ4n) is 1.02. The van der Waals surface area contributed by atoms with Crippen molar-refractivity contribution in [2.45, 2.75) is 45.4 Å². The Morgan fingerprint density at radius 1 is 0.846 bits per heavy atom. The van der Waals surface area contributed by atoms with Gasteiger partial charge in [-0.25, -0.2) is 9.78 Å². The van der Waals surface area contributed by atoms with Crippen LogP contribution in [0, 0.1) is 0 Å². The van der Waals surface area contributed by atoms with E-state index in [-0.39, 0.29) is 0 Å². The Kier molecular flexibility index (Phi) is 11.7. The van der Waals surface area contributed by atoms with Crippen molar-refractivity contribution in [1.29, 1.82) is 0 Å². The predicted molar refractivity (Wildman–Crippen MR) is 48.5 cm³/mol. The molecule has 0 aliphatic rings. The molecule has 0 saturated heterocycles. The third-order valence-electron chi connectivity index (χ3n) is 1.73. The number of hydrogen-bond acceptors (Lipinski definition) is 4. The Morgan fingerprint density at radius 2 is 1.54 bits per heavy atom. The Labute approximate surface area is 79.9 Å². The van der Waals surface area contributed by atoms with Crippen LogP contribution in [-0.4, -0.2) is 13.7 Å². The summed E-state index contributed by atoms with van der Waals surface area (Å²) >= 11 is 0. The normalized spacial score (nSPS) is 10.6. The van der Waals surface area contributed by atoms with Crippen molar-refractivity contribution in [3.05, 3.63) is 0 Å². The van der Waals surface area contributed by atoms with Crippen LogP contribution >= 0.6 is 0 Å². The third kappa shape index (κ3) is 11.8. The van der Waals surface area contributed by atoms with Gasteiger partial charge in [0.15, 0.2) is 0 Å². The van der Waals surface area contributed by atoms with Crippen LogP contribution < -0.4 is 0 Å². The number of rotatable bonds is 10. The topological polar surface area (TPSA) is 36.9 Å². The van der Waals surface area contributed by atoms with Crippen LogP contribution in [0.4, 0.5) is 0 Å². The van der Waals surface area contributed by atoms with Crippen LogP contribution in [0.1, 0.15) is 45.4 Å². The first-order valence-corrected chi connectivity index (χ1v) is 4.90. The van der Waals surface area contributed by atoms with Gasteiger partial charge in [0.2, 0.25) is 0 Å². The summed E-state index contributed by atoms with van der Waals surface area (Å²) in [5.74, 6) is 0. The van der Waals surface area contributed by atoms with Crippen molar-refractivity contribution in [1.82, 2.24) is 0 Å². The van der Waals surface area contributed by atoms with Crippen molar-refractivity contribution in [3.63, 3.8) is 0 Å². The molecule has 0 bridgehead atoms. The zero-order valence-corrected chi connectivity index (χ0v) is 8.58. The summed E-state index contributed by atoms with van der Waals surface area (Å²) in [6, 6.07) is 0. The molecular formula is C9H20O4. The van der Waals surface area contributed by atoms with Crippen molar-refractivity contribution >= 4 is 0 Å². The van der Waals surface area contributed by atoms with Gasteiger partial charge in [-0.05, 0) is 16.5 Å². The summed E-state index contributed by atoms with van der Waals surface area (Å²) in [5, 5.41) is 8.24. The van der Waals surface area contributed by atoms with Gasteiger partial charge in [0.1, 0.15) is 0 Å². The average Bonchev–Trinajstić information content (AvgIpc) is 2.16. The summed E-state index contributed by atoms with van der Waals surface area (Å²) < 4.78 is 0. The van der Waals surface area contributed by atoms with Crippen molar-refractivity contribution in [2.75, 3.05) is 13.7 Å². The summed E-state index contributed by atoms with van der Waals surface area (Å²) in [6.45, 7) is 2.76. The maximum absolute atomic E-state index is 4.63. The molecule has 0 unspecified atom stereocenters. The summed E-state index contributed by atoms with van der Waals surface area (Å²) in [5.41, 5.74) is 0. The lowest BCUT2D eigenvalue weighted by Crippen LogP contribution is -1.97. The monoisotopic (exact) mass is 192 g/mol. The molecule has 4 heteroatoms. The minimum Gasteiger partial charge on any atom is -0.207 e. The first-order chi connectivity index (χ1) is 6.41. The van der Waals surface area contributed by atoms with Gasteiger partial charge in [0, 0.05) is 0 Å². The van der Waals surface area contributed by atoms with E-state index in [1.165, 1.54) is 39.2 Å². The van der Waals surface area contributed by atoms with E-state index in [9.17, 15) is 0 Å². The number of hydrogen-bond donors (Lipinski definition) is 0.